The number of para-hydroxylation sites is 1. The molecule has 1 aliphatic heterocycles. The normalized spacial score (nSPS) is 13.0. The summed E-state index contributed by atoms with van der Waals surface area (Å²) >= 11 is 7.49. The topological polar surface area (TPSA) is 64.3 Å². The number of halogens is 1. The number of anilines is 1. The molecule has 0 saturated carbocycles. The molecule has 1 aliphatic rings. The van der Waals surface area contributed by atoms with Crippen molar-refractivity contribution in [1.29, 1.82) is 0 Å². The van der Waals surface area contributed by atoms with Gasteiger partial charge in [0.1, 0.15) is 11.4 Å². The van der Waals surface area contributed by atoms with E-state index in [-0.39, 0.29) is 12.5 Å². The van der Waals surface area contributed by atoms with E-state index >= 15 is 0 Å². The van der Waals surface area contributed by atoms with Gasteiger partial charge < -0.3 is 4.90 Å². The van der Waals surface area contributed by atoms with E-state index in [9.17, 15) is 14.4 Å². The van der Waals surface area contributed by atoms with Gasteiger partial charge in [-0.15, -0.1) is 11.3 Å². The van der Waals surface area contributed by atoms with Crippen molar-refractivity contribution in [2.75, 3.05) is 11.4 Å². The predicted octanol–water partition coefficient (Wildman–Crippen LogP) is 4.07. The van der Waals surface area contributed by atoms with Crippen molar-refractivity contribution < 1.29 is 4.79 Å². The Bertz CT molecular complexity index is 1520. The summed E-state index contributed by atoms with van der Waals surface area (Å²) in [6, 6.07) is 14.4. The Morgan fingerprint density at radius 2 is 1.88 bits per heavy atom. The molecule has 5 rings (SSSR count). The molecule has 0 aliphatic carbocycles. The van der Waals surface area contributed by atoms with E-state index in [1.165, 1.54) is 15.9 Å². The monoisotopic (exact) mass is 465 g/mol. The fourth-order valence-corrected chi connectivity index (χ4v) is 5.58. The highest BCUT2D eigenvalue weighted by atomic mass is 35.5. The van der Waals surface area contributed by atoms with E-state index in [1.807, 2.05) is 38.1 Å². The maximum Gasteiger partial charge on any atom is 0.337 e. The van der Waals surface area contributed by atoms with Gasteiger partial charge in [-0.3, -0.25) is 14.2 Å². The minimum atomic E-state index is -0.549. The Kier molecular flexibility index (Phi) is 5.03. The van der Waals surface area contributed by atoms with Gasteiger partial charge in [-0.1, -0.05) is 35.9 Å². The minimum absolute atomic E-state index is 0.149. The second kappa shape index (κ2) is 7.76. The van der Waals surface area contributed by atoms with Crippen LogP contribution >= 0.6 is 22.9 Å². The molecule has 0 unspecified atom stereocenters. The lowest BCUT2D eigenvalue weighted by atomic mass is 10.2. The first kappa shape index (κ1) is 20.7. The van der Waals surface area contributed by atoms with Gasteiger partial charge in [0.25, 0.3) is 5.56 Å². The lowest BCUT2D eigenvalue weighted by Gasteiger charge is -2.19. The third kappa shape index (κ3) is 3.20. The summed E-state index contributed by atoms with van der Waals surface area (Å²) in [7, 11) is 0. The van der Waals surface area contributed by atoms with Crippen LogP contribution in [0.1, 0.15) is 16.0 Å². The van der Waals surface area contributed by atoms with Crippen LogP contribution in [0, 0.1) is 13.8 Å². The van der Waals surface area contributed by atoms with Gasteiger partial charge in [-0.25, -0.2) is 9.36 Å². The second-order valence-electron chi connectivity index (χ2n) is 7.88. The van der Waals surface area contributed by atoms with Crippen LogP contribution in [0.25, 0.3) is 15.9 Å². The molecular weight excluding hydrogens is 446 g/mol. The van der Waals surface area contributed by atoms with Gasteiger partial charge in [0.2, 0.25) is 5.91 Å². The Morgan fingerprint density at radius 3 is 2.66 bits per heavy atom. The second-order valence-corrected chi connectivity index (χ2v) is 9.52. The lowest BCUT2D eigenvalue weighted by molar-refractivity contribution is -0.119. The van der Waals surface area contributed by atoms with E-state index in [4.69, 9.17) is 11.6 Å². The first-order chi connectivity index (χ1) is 15.4. The summed E-state index contributed by atoms with van der Waals surface area (Å²) in [5, 5.41) is 0.880. The van der Waals surface area contributed by atoms with Crippen LogP contribution < -0.4 is 16.1 Å². The molecule has 6 nitrogen and oxygen atoms in total. The first-order valence-electron chi connectivity index (χ1n) is 10.3. The summed E-state index contributed by atoms with van der Waals surface area (Å²) in [5.74, 6) is -0.182. The molecule has 0 radical (unpaired) electrons. The van der Waals surface area contributed by atoms with Crippen molar-refractivity contribution in [2.24, 2.45) is 0 Å². The molecule has 2 aromatic carbocycles. The predicted molar refractivity (Wildman–Crippen MR) is 129 cm³/mol. The van der Waals surface area contributed by atoms with E-state index in [0.29, 0.717) is 27.5 Å². The van der Waals surface area contributed by atoms with Crippen molar-refractivity contribution in [2.45, 2.75) is 26.8 Å². The highest BCUT2D eigenvalue weighted by Gasteiger charge is 2.27. The van der Waals surface area contributed by atoms with Crippen LogP contribution in [-0.2, 0) is 17.8 Å². The number of hydrogen-bond acceptors (Lipinski definition) is 4. The van der Waals surface area contributed by atoms with Crippen LogP contribution in [0.3, 0.4) is 0 Å². The zero-order valence-electron chi connectivity index (χ0n) is 17.6. The molecule has 3 heterocycles. The molecule has 32 heavy (non-hydrogen) atoms. The fourth-order valence-electron chi connectivity index (χ4n) is 4.26. The molecule has 8 heteroatoms. The van der Waals surface area contributed by atoms with Crippen molar-refractivity contribution in [3.8, 4) is 5.69 Å². The molecular formula is C24H20ClN3O3S. The molecule has 4 aromatic rings. The van der Waals surface area contributed by atoms with E-state index < -0.39 is 11.2 Å². The SMILES string of the molecule is Cc1sc2c(c1C)c(=O)n(-c1cccc(Cl)c1)c(=O)n2CC(=O)N1CCc2ccccc21. The Labute approximate surface area is 192 Å². The molecule has 2 aromatic heterocycles. The number of amides is 1. The maximum atomic E-state index is 13.6. The fraction of sp³-hybridized carbons (Fsp3) is 0.208. The lowest BCUT2D eigenvalue weighted by Crippen LogP contribution is -2.42. The summed E-state index contributed by atoms with van der Waals surface area (Å²) in [6.45, 7) is 4.21. The number of carbonyl (C=O) groups is 1. The van der Waals surface area contributed by atoms with Gasteiger partial charge in [0.05, 0.1) is 11.1 Å². The Hall–Kier alpha value is -3.16. The molecule has 0 spiro atoms. The smallest absolute Gasteiger partial charge is 0.310 e. The average molecular weight is 466 g/mol. The van der Waals surface area contributed by atoms with Crippen LogP contribution in [0.2, 0.25) is 5.02 Å². The highest BCUT2D eigenvalue weighted by Crippen LogP contribution is 2.30. The summed E-state index contributed by atoms with van der Waals surface area (Å²) in [4.78, 5) is 43.4. The van der Waals surface area contributed by atoms with E-state index in [2.05, 4.69) is 0 Å². The molecule has 1 amide bonds. The Balaban J connectivity index is 1.69. The van der Waals surface area contributed by atoms with Crippen molar-refractivity contribution in [1.82, 2.24) is 9.13 Å². The summed E-state index contributed by atoms with van der Waals surface area (Å²) in [6.07, 6.45) is 0.783. The third-order valence-electron chi connectivity index (χ3n) is 6.00. The highest BCUT2D eigenvalue weighted by molar-refractivity contribution is 7.18. The molecule has 0 N–H and O–H groups in total. The quantitative estimate of drug-likeness (QED) is 0.458. The molecule has 0 atom stereocenters. The van der Waals surface area contributed by atoms with Crippen LogP contribution in [0.5, 0.6) is 0 Å². The largest absolute Gasteiger partial charge is 0.337 e. The maximum absolute atomic E-state index is 13.6. The van der Waals surface area contributed by atoms with Crippen molar-refractivity contribution in [3.05, 3.63) is 90.4 Å². The molecule has 0 fully saturated rings. The van der Waals surface area contributed by atoms with E-state index in [0.717, 1.165) is 32.7 Å². The average Bonchev–Trinajstić information content (AvgIpc) is 3.32. The van der Waals surface area contributed by atoms with Crippen LogP contribution in [0.15, 0.2) is 58.1 Å². The number of nitrogens with zero attached hydrogens (tertiary/aromatic N) is 3. The number of carbonyl (C=O) groups excluding carboxylic acids is 1. The minimum Gasteiger partial charge on any atom is -0.310 e. The van der Waals surface area contributed by atoms with Gasteiger partial charge in [-0.2, -0.15) is 0 Å². The number of rotatable bonds is 3. The van der Waals surface area contributed by atoms with Gasteiger partial charge >= 0.3 is 5.69 Å². The summed E-state index contributed by atoms with van der Waals surface area (Å²) in [5.41, 5.74) is 2.24. The van der Waals surface area contributed by atoms with Gasteiger partial charge in [0, 0.05) is 22.1 Å². The third-order valence-corrected chi connectivity index (χ3v) is 7.46. The van der Waals surface area contributed by atoms with E-state index in [1.54, 1.807) is 29.2 Å². The number of benzene rings is 2. The number of thiophene rings is 1. The van der Waals surface area contributed by atoms with Crippen LogP contribution in [0.4, 0.5) is 5.69 Å². The van der Waals surface area contributed by atoms with Gasteiger partial charge in [-0.05, 0) is 55.7 Å². The van der Waals surface area contributed by atoms with Gasteiger partial charge in [0.15, 0.2) is 0 Å². The number of fused-ring (bicyclic) bond motifs is 2. The zero-order valence-corrected chi connectivity index (χ0v) is 19.2. The van der Waals surface area contributed by atoms with Crippen molar-refractivity contribution in [3.63, 3.8) is 0 Å². The molecule has 0 saturated heterocycles. The van der Waals surface area contributed by atoms with Crippen molar-refractivity contribution >= 4 is 44.7 Å². The zero-order chi connectivity index (χ0) is 22.6. The Morgan fingerprint density at radius 1 is 1.09 bits per heavy atom. The number of hydrogen-bond donors (Lipinski definition) is 0. The first-order valence-corrected chi connectivity index (χ1v) is 11.5. The van der Waals surface area contributed by atoms with Crippen LogP contribution in [-0.4, -0.2) is 21.6 Å². The standard InChI is InChI=1S/C24H20ClN3O3S/c1-14-15(2)32-23-21(14)22(30)28(18-8-5-7-17(25)12-18)24(31)27(23)13-20(29)26-11-10-16-6-3-4-9-19(16)26/h3-9,12H,10-11,13H2,1-2H3. The summed E-state index contributed by atoms with van der Waals surface area (Å²) < 4.78 is 2.53. The number of aromatic nitrogens is 2. The molecule has 0 bridgehead atoms. The number of aryl methyl sites for hydroxylation is 2. The molecule has 162 valence electrons.